The molecule has 1 aromatic rings. The summed E-state index contributed by atoms with van der Waals surface area (Å²) in [7, 11) is -3.66. The Labute approximate surface area is 158 Å². The lowest BCUT2D eigenvalue weighted by Gasteiger charge is -2.13. The molecule has 1 amide bonds. The number of amidine groups is 1. The predicted octanol–water partition coefficient (Wildman–Crippen LogP) is 0.241. The maximum Gasteiger partial charge on any atom is 0.328 e. The smallest absolute Gasteiger partial charge is 0.328 e. The van der Waals surface area contributed by atoms with E-state index in [1.807, 2.05) is 0 Å². The van der Waals surface area contributed by atoms with Crippen LogP contribution in [0.4, 0.5) is 5.69 Å². The lowest BCUT2D eigenvalue weighted by atomic mass is 10.1. The third-order valence-corrected chi connectivity index (χ3v) is 6.16. The molecule has 3 rings (SSSR count). The van der Waals surface area contributed by atoms with Gasteiger partial charge in [0.2, 0.25) is 5.91 Å². The molecule has 0 saturated heterocycles. The largest absolute Gasteiger partial charge is 0.332 e. The van der Waals surface area contributed by atoms with Gasteiger partial charge >= 0.3 is 10.0 Å². The number of hydrogen-bond donors (Lipinski definition) is 4. The zero-order valence-electron chi connectivity index (χ0n) is 14.4. The van der Waals surface area contributed by atoms with Crippen LogP contribution in [0.2, 0.25) is 0 Å². The van der Waals surface area contributed by atoms with Crippen LogP contribution in [0.1, 0.15) is 38.5 Å². The van der Waals surface area contributed by atoms with Crippen LogP contribution < -0.4 is 20.3 Å². The standard InChI is InChI=1S/C17H22N4O3S2/c22-16(12-5-1-2-6-12)20-17(25)19-13-7-3-8-14(11-13)26(23,24)21-15-9-4-10-18-15/h3,7-8,11-12H,1-2,4-6,9-10H2,(H,18,21)(H2,19,20,22,25)/p+1. The number of sulfonamides is 1. The molecular weight excluding hydrogens is 372 g/mol. The first kappa shape index (κ1) is 18.8. The van der Waals surface area contributed by atoms with Crippen LogP contribution in [0, 0.1) is 5.92 Å². The van der Waals surface area contributed by atoms with E-state index in [4.69, 9.17) is 12.2 Å². The average molecular weight is 396 g/mol. The summed E-state index contributed by atoms with van der Waals surface area (Å²) in [4.78, 5) is 15.3. The van der Waals surface area contributed by atoms with Crippen molar-refractivity contribution < 1.29 is 18.2 Å². The molecule has 0 spiro atoms. The van der Waals surface area contributed by atoms with Gasteiger partial charge in [0.05, 0.1) is 13.0 Å². The minimum atomic E-state index is -3.66. The van der Waals surface area contributed by atoms with Gasteiger partial charge in [-0.2, -0.15) is 13.1 Å². The SMILES string of the molecule is O=C(NC(=S)Nc1cccc(S(=O)(=O)NC2=[NH+]CCC2)c1)C1CCCC1. The molecule has 1 heterocycles. The zero-order valence-corrected chi connectivity index (χ0v) is 16.0. The van der Waals surface area contributed by atoms with Crippen LogP contribution in [-0.2, 0) is 14.8 Å². The van der Waals surface area contributed by atoms with Crippen molar-refractivity contribution in [3.63, 3.8) is 0 Å². The van der Waals surface area contributed by atoms with Crippen molar-refractivity contribution in [3.8, 4) is 0 Å². The molecule has 2 aliphatic rings. The maximum absolute atomic E-state index is 12.5. The molecule has 0 bridgehead atoms. The molecule has 1 aliphatic heterocycles. The lowest BCUT2D eigenvalue weighted by Crippen LogP contribution is -2.72. The quantitative estimate of drug-likeness (QED) is 0.547. The number of thiocarbonyl (C=S) groups is 1. The van der Waals surface area contributed by atoms with Crippen molar-refractivity contribution in [2.45, 2.75) is 43.4 Å². The Bertz CT molecular complexity index is 830. The monoisotopic (exact) mass is 395 g/mol. The Morgan fingerprint density at radius 2 is 1.96 bits per heavy atom. The summed E-state index contributed by atoms with van der Waals surface area (Å²) in [5, 5.41) is 5.75. The molecule has 140 valence electrons. The van der Waals surface area contributed by atoms with E-state index in [1.165, 1.54) is 12.1 Å². The molecule has 1 fully saturated rings. The third-order valence-electron chi connectivity index (χ3n) is 4.56. The van der Waals surface area contributed by atoms with Crippen LogP contribution in [0.25, 0.3) is 0 Å². The van der Waals surface area contributed by atoms with Crippen LogP contribution >= 0.6 is 12.2 Å². The van der Waals surface area contributed by atoms with Crippen molar-refractivity contribution in [2.24, 2.45) is 5.92 Å². The number of amides is 1. The molecule has 26 heavy (non-hydrogen) atoms. The van der Waals surface area contributed by atoms with E-state index in [0.717, 1.165) is 38.6 Å². The minimum Gasteiger partial charge on any atom is -0.332 e. The number of anilines is 1. The molecule has 4 N–H and O–H groups in total. The van der Waals surface area contributed by atoms with E-state index in [-0.39, 0.29) is 21.8 Å². The molecule has 1 aromatic carbocycles. The molecule has 1 saturated carbocycles. The number of nitrogens with one attached hydrogen (secondary N) is 4. The van der Waals surface area contributed by atoms with Crippen LogP contribution in [0.3, 0.4) is 0 Å². The van der Waals surface area contributed by atoms with E-state index in [2.05, 4.69) is 20.3 Å². The summed E-state index contributed by atoms with van der Waals surface area (Å²) in [6, 6.07) is 6.34. The van der Waals surface area contributed by atoms with E-state index >= 15 is 0 Å². The van der Waals surface area contributed by atoms with Gasteiger partial charge in [0, 0.05) is 11.6 Å². The van der Waals surface area contributed by atoms with E-state index in [0.29, 0.717) is 17.9 Å². The second-order valence-electron chi connectivity index (χ2n) is 6.57. The lowest BCUT2D eigenvalue weighted by molar-refractivity contribution is -0.448. The van der Waals surface area contributed by atoms with Crippen molar-refractivity contribution in [3.05, 3.63) is 24.3 Å². The molecule has 0 aromatic heterocycles. The fourth-order valence-corrected chi connectivity index (χ4v) is 4.58. The van der Waals surface area contributed by atoms with E-state index in [1.54, 1.807) is 12.1 Å². The van der Waals surface area contributed by atoms with Gasteiger partial charge in [0.25, 0.3) is 5.84 Å². The topological polar surface area (TPSA) is 101 Å². The molecule has 7 nitrogen and oxygen atoms in total. The Hall–Kier alpha value is -2.00. The van der Waals surface area contributed by atoms with E-state index < -0.39 is 10.0 Å². The van der Waals surface area contributed by atoms with Gasteiger partial charge in [-0.1, -0.05) is 18.9 Å². The maximum atomic E-state index is 12.5. The summed E-state index contributed by atoms with van der Waals surface area (Å²) in [5.74, 6) is 0.554. The van der Waals surface area contributed by atoms with Gasteiger partial charge in [0.15, 0.2) is 5.11 Å². The number of rotatable bonds is 4. The summed E-state index contributed by atoms with van der Waals surface area (Å²) in [5.41, 5.74) is 0.508. The fourth-order valence-electron chi connectivity index (χ4n) is 3.21. The van der Waals surface area contributed by atoms with Crippen LogP contribution in [0.5, 0.6) is 0 Å². The zero-order chi connectivity index (χ0) is 18.6. The summed E-state index contributed by atoms with van der Waals surface area (Å²) in [6.07, 6.45) is 5.52. The molecule has 9 heteroatoms. The van der Waals surface area contributed by atoms with Crippen molar-refractivity contribution in [1.29, 1.82) is 0 Å². The van der Waals surface area contributed by atoms with Gasteiger partial charge in [-0.15, -0.1) is 0 Å². The Morgan fingerprint density at radius 3 is 2.65 bits per heavy atom. The first-order chi connectivity index (χ1) is 12.4. The molecular formula is C17H23N4O3S2+. The minimum absolute atomic E-state index is 0.0154. The highest BCUT2D eigenvalue weighted by Crippen LogP contribution is 2.24. The van der Waals surface area contributed by atoms with Crippen molar-refractivity contribution in [2.75, 3.05) is 11.9 Å². The third kappa shape index (κ3) is 4.79. The normalized spacial score (nSPS) is 17.6. The highest BCUT2D eigenvalue weighted by molar-refractivity contribution is 7.90. The average Bonchev–Trinajstić information content (AvgIpc) is 3.28. The first-order valence-electron chi connectivity index (χ1n) is 8.78. The van der Waals surface area contributed by atoms with Crippen LogP contribution in [-0.4, -0.2) is 31.8 Å². The molecule has 1 aliphatic carbocycles. The van der Waals surface area contributed by atoms with Gasteiger partial charge in [-0.05, 0) is 49.7 Å². The fraction of sp³-hybridized carbons (Fsp3) is 0.471. The summed E-state index contributed by atoms with van der Waals surface area (Å²) < 4.78 is 27.5. The number of benzene rings is 1. The predicted molar refractivity (Wildman–Crippen MR) is 103 cm³/mol. The van der Waals surface area contributed by atoms with Crippen molar-refractivity contribution >= 4 is 44.8 Å². The van der Waals surface area contributed by atoms with Crippen molar-refractivity contribution in [1.82, 2.24) is 10.0 Å². The number of carbonyl (C=O) groups excluding carboxylic acids is 1. The highest BCUT2D eigenvalue weighted by atomic mass is 32.2. The van der Waals surface area contributed by atoms with Gasteiger partial charge < -0.3 is 10.6 Å². The molecule has 0 radical (unpaired) electrons. The second kappa shape index (κ2) is 8.13. The Kier molecular flexibility index (Phi) is 5.87. The van der Waals surface area contributed by atoms with Gasteiger partial charge in [0.1, 0.15) is 4.90 Å². The molecule has 0 unspecified atom stereocenters. The van der Waals surface area contributed by atoms with E-state index in [9.17, 15) is 13.2 Å². The first-order valence-corrected chi connectivity index (χ1v) is 10.7. The number of hydrogen-bond acceptors (Lipinski definition) is 4. The molecule has 0 atom stereocenters. The Morgan fingerprint density at radius 1 is 1.19 bits per heavy atom. The Balaban J connectivity index is 1.63. The van der Waals surface area contributed by atoms with Gasteiger partial charge in [-0.3, -0.25) is 9.79 Å². The van der Waals surface area contributed by atoms with Crippen LogP contribution in [0.15, 0.2) is 29.2 Å². The summed E-state index contributed by atoms with van der Waals surface area (Å²) in [6.45, 7) is 0.772. The number of carbonyl (C=O) groups is 1. The van der Waals surface area contributed by atoms with Gasteiger partial charge in [-0.25, -0.2) is 0 Å². The second-order valence-corrected chi connectivity index (χ2v) is 8.66. The highest BCUT2D eigenvalue weighted by Gasteiger charge is 2.25. The summed E-state index contributed by atoms with van der Waals surface area (Å²) >= 11 is 5.18.